The number of aliphatic hydroxyl groups excluding tert-OH is 1. The van der Waals surface area contributed by atoms with Gasteiger partial charge in [-0.05, 0) is 43.5 Å². The smallest absolute Gasteiger partial charge is 0.220 e. The molecular formula is C15H23NO3. The first kappa shape index (κ1) is 15.5. The van der Waals surface area contributed by atoms with Gasteiger partial charge in [-0.3, -0.25) is 4.79 Å². The average molecular weight is 265 g/mol. The minimum atomic E-state index is -0.755. The summed E-state index contributed by atoms with van der Waals surface area (Å²) in [7, 11) is 1.58. The van der Waals surface area contributed by atoms with E-state index in [1.54, 1.807) is 7.11 Å². The lowest BCUT2D eigenvalue weighted by Crippen LogP contribution is -2.28. The zero-order valence-corrected chi connectivity index (χ0v) is 12.1. The Bertz CT molecular complexity index is 443. The predicted octanol–water partition coefficient (Wildman–Crippen LogP) is 2.26. The quantitative estimate of drug-likeness (QED) is 0.829. The molecule has 1 amide bonds. The highest BCUT2D eigenvalue weighted by molar-refractivity contribution is 5.75. The highest BCUT2D eigenvalue weighted by Gasteiger charge is 2.15. The fourth-order valence-electron chi connectivity index (χ4n) is 1.89. The molecule has 0 aliphatic rings. The highest BCUT2D eigenvalue weighted by Crippen LogP contribution is 2.28. The topological polar surface area (TPSA) is 58.6 Å². The SMILES string of the molecule is CCCC(=O)NCC(O)c1cc(C)c(C)cc1OC. The van der Waals surface area contributed by atoms with Crippen molar-refractivity contribution in [2.24, 2.45) is 0 Å². The van der Waals surface area contributed by atoms with Crippen LogP contribution in [-0.4, -0.2) is 24.7 Å². The van der Waals surface area contributed by atoms with E-state index in [0.29, 0.717) is 17.7 Å². The number of aryl methyl sites for hydroxylation is 2. The number of nitrogens with one attached hydrogen (secondary N) is 1. The molecule has 0 saturated heterocycles. The zero-order chi connectivity index (χ0) is 14.4. The van der Waals surface area contributed by atoms with Crippen LogP contribution in [0, 0.1) is 13.8 Å². The van der Waals surface area contributed by atoms with E-state index in [1.165, 1.54) is 0 Å². The number of ether oxygens (including phenoxy) is 1. The molecule has 2 N–H and O–H groups in total. The van der Waals surface area contributed by atoms with Gasteiger partial charge in [-0.15, -0.1) is 0 Å². The van der Waals surface area contributed by atoms with Crippen molar-refractivity contribution in [1.29, 1.82) is 0 Å². The number of carbonyl (C=O) groups excluding carboxylic acids is 1. The van der Waals surface area contributed by atoms with E-state index in [0.717, 1.165) is 17.5 Å². The monoisotopic (exact) mass is 265 g/mol. The van der Waals surface area contributed by atoms with Crippen molar-refractivity contribution in [3.05, 3.63) is 28.8 Å². The molecular weight excluding hydrogens is 242 g/mol. The third kappa shape index (κ3) is 4.24. The van der Waals surface area contributed by atoms with Gasteiger partial charge in [0.25, 0.3) is 0 Å². The molecule has 0 spiro atoms. The maximum Gasteiger partial charge on any atom is 0.220 e. The minimum Gasteiger partial charge on any atom is -0.496 e. The van der Waals surface area contributed by atoms with E-state index < -0.39 is 6.10 Å². The predicted molar refractivity (Wildman–Crippen MR) is 75.3 cm³/mol. The first-order chi connectivity index (χ1) is 8.99. The van der Waals surface area contributed by atoms with Crippen molar-refractivity contribution in [1.82, 2.24) is 5.32 Å². The fourth-order valence-corrected chi connectivity index (χ4v) is 1.89. The molecule has 4 heteroatoms. The van der Waals surface area contributed by atoms with Gasteiger partial charge in [-0.25, -0.2) is 0 Å². The Morgan fingerprint density at radius 2 is 2.00 bits per heavy atom. The second kappa shape index (κ2) is 7.14. The summed E-state index contributed by atoms with van der Waals surface area (Å²) in [5, 5.41) is 12.9. The molecule has 1 unspecified atom stereocenters. The standard InChI is InChI=1S/C15H23NO3/c1-5-6-15(18)16-9-13(17)12-7-10(2)11(3)8-14(12)19-4/h7-8,13,17H,5-6,9H2,1-4H3,(H,16,18). The molecule has 1 aromatic carbocycles. The largest absolute Gasteiger partial charge is 0.496 e. The number of hydrogen-bond donors (Lipinski definition) is 2. The van der Waals surface area contributed by atoms with Gasteiger partial charge < -0.3 is 15.2 Å². The van der Waals surface area contributed by atoms with Crippen LogP contribution >= 0.6 is 0 Å². The number of methoxy groups -OCH3 is 1. The van der Waals surface area contributed by atoms with Crippen LogP contribution in [0.3, 0.4) is 0 Å². The third-order valence-corrected chi connectivity index (χ3v) is 3.17. The number of benzene rings is 1. The lowest BCUT2D eigenvalue weighted by atomic mass is 10.0. The maximum absolute atomic E-state index is 11.4. The van der Waals surface area contributed by atoms with Crippen LogP contribution in [0.2, 0.25) is 0 Å². The van der Waals surface area contributed by atoms with Gasteiger partial charge in [0, 0.05) is 18.5 Å². The van der Waals surface area contributed by atoms with Gasteiger partial charge in [-0.1, -0.05) is 6.92 Å². The molecule has 0 heterocycles. The van der Waals surface area contributed by atoms with E-state index in [9.17, 15) is 9.90 Å². The van der Waals surface area contributed by atoms with E-state index in [1.807, 2.05) is 32.9 Å². The molecule has 0 saturated carbocycles. The second-order valence-electron chi connectivity index (χ2n) is 4.75. The molecule has 0 fully saturated rings. The Morgan fingerprint density at radius 1 is 1.37 bits per heavy atom. The lowest BCUT2D eigenvalue weighted by Gasteiger charge is -2.17. The summed E-state index contributed by atoms with van der Waals surface area (Å²) >= 11 is 0. The fraction of sp³-hybridized carbons (Fsp3) is 0.533. The van der Waals surface area contributed by atoms with Crippen LogP contribution in [0.4, 0.5) is 0 Å². The number of rotatable bonds is 6. The van der Waals surface area contributed by atoms with Gasteiger partial charge in [0.1, 0.15) is 5.75 Å². The van der Waals surface area contributed by atoms with Gasteiger partial charge in [0.05, 0.1) is 13.2 Å². The van der Waals surface area contributed by atoms with Crippen LogP contribution in [0.5, 0.6) is 5.75 Å². The van der Waals surface area contributed by atoms with Crippen molar-refractivity contribution in [3.63, 3.8) is 0 Å². The summed E-state index contributed by atoms with van der Waals surface area (Å²) in [5.41, 5.74) is 2.92. The summed E-state index contributed by atoms with van der Waals surface area (Å²) in [4.78, 5) is 11.4. The van der Waals surface area contributed by atoms with E-state index in [-0.39, 0.29) is 12.5 Å². The Labute approximate surface area is 114 Å². The first-order valence-electron chi connectivity index (χ1n) is 6.59. The molecule has 4 nitrogen and oxygen atoms in total. The third-order valence-electron chi connectivity index (χ3n) is 3.17. The van der Waals surface area contributed by atoms with Crippen molar-refractivity contribution in [2.45, 2.75) is 39.7 Å². The Kier molecular flexibility index (Phi) is 5.83. The molecule has 0 bridgehead atoms. The summed E-state index contributed by atoms with van der Waals surface area (Å²) in [5.74, 6) is 0.615. The number of carbonyl (C=O) groups is 1. The summed E-state index contributed by atoms with van der Waals surface area (Å²) in [6, 6.07) is 3.81. The minimum absolute atomic E-state index is 0.0376. The van der Waals surface area contributed by atoms with Gasteiger partial charge in [0.15, 0.2) is 0 Å². The van der Waals surface area contributed by atoms with Crippen LogP contribution in [0.1, 0.15) is 42.6 Å². The molecule has 106 valence electrons. The van der Waals surface area contributed by atoms with Gasteiger partial charge in [0.2, 0.25) is 5.91 Å². The molecule has 1 rings (SSSR count). The Balaban J connectivity index is 2.78. The van der Waals surface area contributed by atoms with Crippen LogP contribution in [-0.2, 0) is 4.79 Å². The van der Waals surface area contributed by atoms with E-state index >= 15 is 0 Å². The van der Waals surface area contributed by atoms with Crippen LogP contribution in [0.25, 0.3) is 0 Å². The summed E-state index contributed by atoms with van der Waals surface area (Å²) in [6.07, 6.45) is 0.529. The average Bonchev–Trinajstić information content (AvgIpc) is 2.39. The van der Waals surface area contributed by atoms with Crippen molar-refractivity contribution >= 4 is 5.91 Å². The highest BCUT2D eigenvalue weighted by atomic mass is 16.5. The van der Waals surface area contributed by atoms with Crippen LogP contribution in [0.15, 0.2) is 12.1 Å². The molecule has 0 aliphatic carbocycles. The molecule has 1 atom stereocenters. The zero-order valence-electron chi connectivity index (χ0n) is 12.1. The van der Waals surface area contributed by atoms with E-state index in [4.69, 9.17) is 4.74 Å². The number of aliphatic hydroxyl groups is 1. The summed E-state index contributed by atoms with van der Waals surface area (Å²) < 4.78 is 5.28. The first-order valence-corrected chi connectivity index (χ1v) is 6.59. The summed E-state index contributed by atoms with van der Waals surface area (Å²) in [6.45, 7) is 6.14. The molecule has 19 heavy (non-hydrogen) atoms. The van der Waals surface area contributed by atoms with Gasteiger partial charge in [-0.2, -0.15) is 0 Å². The Hall–Kier alpha value is -1.55. The molecule has 0 aliphatic heterocycles. The number of hydrogen-bond acceptors (Lipinski definition) is 3. The van der Waals surface area contributed by atoms with Crippen molar-refractivity contribution in [3.8, 4) is 5.75 Å². The van der Waals surface area contributed by atoms with E-state index in [2.05, 4.69) is 5.32 Å². The maximum atomic E-state index is 11.4. The van der Waals surface area contributed by atoms with Crippen LogP contribution < -0.4 is 10.1 Å². The molecule has 0 radical (unpaired) electrons. The number of amides is 1. The lowest BCUT2D eigenvalue weighted by molar-refractivity contribution is -0.121. The van der Waals surface area contributed by atoms with Crippen molar-refractivity contribution in [2.75, 3.05) is 13.7 Å². The molecule has 0 aromatic heterocycles. The molecule has 1 aromatic rings. The van der Waals surface area contributed by atoms with Gasteiger partial charge >= 0.3 is 0 Å². The normalized spacial score (nSPS) is 12.1. The van der Waals surface area contributed by atoms with Crippen molar-refractivity contribution < 1.29 is 14.6 Å². The second-order valence-corrected chi connectivity index (χ2v) is 4.75. The Morgan fingerprint density at radius 3 is 2.58 bits per heavy atom.